The number of rotatable bonds is 13. The second-order valence-electron chi connectivity index (χ2n) is 16.5. The van der Waals surface area contributed by atoms with Gasteiger partial charge in [0.1, 0.15) is 5.75 Å². The molecule has 0 spiro atoms. The summed E-state index contributed by atoms with van der Waals surface area (Å²) in [5.74, 6) is -0.312. The first-order valence-corrected chi connectivity index (χ1v) is 22.5. The molecule has 6 atom stereocenters. The van der Waals surface area contributed by atoms with E-state index < -0.39 is 6.03 Å². The molecule has 6 N–H and O–H groups in total. The Morgan fingerprint density at radius 2 is 1.10 bits per heavy atom. The van der Waals surface area contributed by atoms with Gasteiger partial charge in [-0.25, -0.2) is 4.79 Å². The van der Waals surface area contributed by atoms with Gasteiger partial charge in [-0.1, -0.05) is 76.7 Å². The molecular formula is C46H51Cl4N7O5. The van der Waals surface area contributed by atoms with Gasteiger partial charge in [0, 0.05) is 75.0 Å². The molecule has 4 fully saturated rings. The normalized spacial score (nSPS) is 22.8. The molecule has 4 aliphatic rings. The first-order valence-electron chi connectivity index (χ1n) is 21.0. The number of carbonyl (C=O) groups excluding carboxylic acids is 4. The molecule has 0 unspecified atom stereocenters. The van der Waals surface area contributed by atoms with Crippen LogP contribution in [0.3, 0.4) is 0 Å². The molecule has 5 amide bonds. The van der Waals surface area contributed by atoms with Crippen LogP contribution in [0.25, 0.3) is 0 Å². The number of hydrogen-bond donors (Lipinski definition) is 5. The van der Waals surface area contributed by atoms with Crippen LogP contribution >= 0.6 is 46.4 Å². The summed E-state index contributed by atoms with van der Waals surface area (Å²) in [6, 6.07) is 28.9. The van der Waals surface area contributed by atoms with E-state index in [1.807, 2.05) is 24.3 Å². The fraction of sp³-hybridized carbons (Fsp3) is 0.391. The summed E-state index contributed by atoms with van der Waals surface area (Å²) in [5.41, 5.74) is 8.48. The number of piperidine rings is 2. The number of carbonyl (C=O) groups is 4. The smallest absolute Gasteiger partial charge is 0.316 e. The van der Waals surface area contributed by atoms with Crippen molar-refractivity contribution in [1.29, 1.82) is 0 Å². The largest absolute Gasteiger partial charge is 0.482 e. The Bertz CT molecular complexity index is 2190. The van der Waals surface area contributed by atoms with Crippen LogP contribution in [-0.4, -0.2) is 83.0 Å². The maximum atomic E-state index is 12.5. The quantitative estimate of drug-likeness (QED) is 0.0905. The van der Waals surface area contributed by atoms with E-state index in [4.69, 9.17) is 56.9 Å². The second kappa shape index (κ2) is 21.2. The summed E-state index contributed by atoms with van der Waals surface area (Å²) in [6.45, 7) is 1.63. The third kappa shape index (κ3) is 12.5. The lowest BCUT2D eigenvalue weighted by Crippen LogP contribution is -2.51. The first kappa shape index (κ1) is 45.5. The maximum Gasteiger partial charge on any atom is 0.316 e. The number of nitrogens with one attached hydrogen (secondary N) is 4. The molecule has 4 aliphatic heterocycles. The predicted octanol–water partition coefficient (Wildman–Crippen LogP) is 8.21. The van der Waals surface area contributed by atoms with Crippen molar-refractivity contribution in [3.05, 3.63) is 128 Å². The summed E-state index contributed by atoms with van der Waals surface area (Å²) in [6.07, 6.45) is 8.35. The van der Waals surface area contributed by atoms with Crippen molar-refractivity contribution in [2.45, 2.75) is 101 Å². The number of nitrogens with zero attached hydrogens (tertiary/aromatic N) is 2. The summed E-state index contributed by atoms with van der Waals surface area (Å²) in [4.78, 5) is 53.4. The van der Waals surface area contributed by atoms with Crippen LogP contribution in [0.15, 0.2) is 91.0 Å². The van der Waals surface area contributed by atoms with E-state index in [-0.39, 0.29) is 43.0 Å². The summed E-state index contributed by atoms with van der Waals surface area (Å²) < 4.78 is 5.61. The Balaban J connectivity index is 0.000000187. The van der Waals surface area contributed by atoms with E-state index in [9.17, 15) is 19.2 Å². The van der Waals surface area contributed by atoms with Gasteiger partial charge in [-0.05, 0) is 123 Å². The number of ether oxygens (including phenoxy) is 1. The number of nitrogens with two attached hydrogens (primary N) is 1. The van der Waals surface area contributed by atoms with Crippen LogP contribution in [0.4, 0.5) is 10.5 Å². The third-order valence-corrected chi connectivity index (χ3v) is 13.1. The monoisotopic (exact) mass is 921 g/mol. The molecule has 328 valence electrons. The number of primary amides is 1. The summed E-state index contributed by atoms with van der Waals surface area (Å²) in [5, 5.41) is 13.8. The van der Waals surface area contributed by atoms with Gasteiger partial charge < -0.3 is 31.7 Å². The number of benzene rings is 4. The fourth-order valence-electron chi connectivity index (χ4n) is 9.34. The molecule has 4 heterocycles. The van der Waals surface area contributed by atoms with E-state index >= 15 is 0 Å². The molecular weight excluding hydrogens is 872 g/mol. The average Bonchev–Trinajstić information content (AvgIpc) is 3.60. The predicted molar refractivity (Wildman–Crippen MR) is 244 cm³/mol. The van der Waals surface area contributed by atoms with Crippen LogP contribution in [0, 0.1) is 0 Å². The zero-order valence-corrected chi connectivity index (χ0v) is 37.2. The lowest BCUT2D eigenvalue weighted by atomic mass is 9.96. The van der Waals surface area contributed by atoms with E-state index in [1.165, 1.54) is 17.2 Å². The zero-order valence-electron chi connectivity index (χ0n) is 34.1. The second-order valence-corrected chi connectivity index (χ2v) is 18.2. The minimum atomic E-state index is -0.734. The third-order valence-electron chi connectivity index (χ3n) is 12.1. The van der Waals surface area contributed by atoms with E-state index in [2.05, 4.69) is 55.3 Å². The average molecular weight is 924 g/mol. The van der Waals surface area contributed by atoms with Crippen molar-refractivity contribution in [2.75, 3.05) is 18.5 Å². The Morgan fingerprint density at radius 3 is 1.60 bits per heavy atom. The van der Waals surface area contributed by atoms with Crippen molar-refractivity contribution in [2.24, 2.45) is 5.73 Å². The van der Waals surface area contributed by atoms with Crippen LogP contribution in [-0.2, 0) is 22.7 Å². The van der Waals surface area contributed by atoms with Gasteiger partial charge in [0.2, 0.25) is 5.91 Å². The molecule has 4 saturated heterocycles. The summed E-state index contributed by atoms with van der Waals surface area (Å²) in [7, 11) is 0. The highest BCUT2D eigenvalue weighted by molar-refractivity contribution is 6.31. The lowest BCUT2D eigenvalue weighted by molar-refractivity contribution is -0.124. The molecule has 0 aliphatic carbocycles. The maximum absolute atomic E-state index is 12.5. The molecule has 0 saturated carbocycles. The van der Waals surface area contributed by atoms with Gasteiger partial charge in [-0.3, -0.25) is 24.2 Å². The van der Waals surface area contributed by atoms with Crippen molar-refractivity contribution < 1.29 is 23.9 Å². The first-order chi connectivity index (χ1) is 29.8. The number of urea groups is 1. The minimum Gasteiger partial charge on any atom is -0.482 e. The molecule has 8 rings (SSSR count). The van der Waals surface area contributed by atoms with Crippen LogP contribution < -0.4 is 31.7 Å². The number of halogens is 4. The highest BCUT2D eigenvalue weighted by Gasteiger charge is 2.42. The minimum absolute atomic E-state index is 0.0360. The Morgan fingerprint density at radius 1 is 0.613 bits per heavy atom. The van der Waals surface area contributed by atoms with Crippen LogP contribution in [0.5, 0.6) is 5.75 Å². The topological polar surface area (TPSA) is 158 Å². The van der Waals surface area contributed by atoms with Gasteiger partial charge >= 0.3 is 6.03 Å². The highest BCUT2D eigenvalue weighted by Crippen LogP contribution is 2.38. The summed E-state index contributed by atoms with van der Waals surface area (Å²) >= 11 is 23.9. The molecule has 4 bridgehead atoms. The molecule has 62 heavy (non-hydrogen) atoms. The van der Waals surface area contributed by atoms with E-state index in [1.54, 1.807) is 36.4 Å². The molecule has 16 heteroatoms. The van der Waals surface area contributed by atoms with E-state index in [0.29, 0.717) is 51.2 Å². The highest BCUT2D eigenvalue weighted by atomic mass is 35.5. The molecule has 12 nitrogen and oxygen atoms in total. The zero-order chi connectivity index (χ0) is 43.8. The Kier molecular flexibility index (Phi) is 15.6. The van der Waals surface area contributed by atoms with Crippen molar-refractivity contribution in [1.82, 2.24) is 25.8 Å². The van der Waals surface area contributed by atoms with Crippen molar-refractivity contribution in [3.63, 3.8) is 0 Å². The van der Waals surface area contributed by atoms with Gasteiger partial charge in [-0.15, -0.1) is 0 Å². The molecule has 4 aromatic rings. The van der Waals surface area contributed by atoms with Crippen molar-refractivity contribution in [3.8, 4) is 5.75 Å². The lowest BCUT2D eigenvalue weighted by Gasteiger charge is -2.39. The standard InChI is InChI=1S/C23H26Cl2N4O3.C23H25Cl2N3O2/c24-15-3-1-14(2-4-15)12-29-18-6-7-19(29)11-17(10-18)27-22(30)13-32-21-8-5-16(25)9-20(21)28-23(26)31;24-17-6-4-15(5-7-17)14-28-20-8-9-21(28)12-19(11-20)27-22(29)13-26-23(30)16-2-1-3-18(25)10-16/h1-5,8-9,17-19H,6-7,10-13H2,(H,27,30)(H3,26,28,31);1-7,10,19-21H,8-9,11-14H2,(H,26,30)(H,27,29)/t17-,18-,19+;19-,20+,21-. The van der Waals surface area contributed by atoms with Gasteiger partial charge in [0.25, 0.3) is 11.8 Å². The molecule has 4 aromatic carbocycles. The van der Waals surface area contributed by atoms with Crippen LogP contribution in [0.2, 0.25) is 20.1 Å². The fourth-order valence-corrected chi connectivity index (χ4v) is 9.96. The van der Waals surface area contributed by atoms with E-state index in [0.717, 1.165) is 74.5 Å². The number of hydrogen-bond acceptors (Lipinski definition) is 7. The number of amides is 5. The number of anilines is 1. The SMILES string of the molecule is NC(=O)Nc1cc(Cl)ccc1OCC(=O)N[C@@H]1C[C@H]2CC[C@@H](C1)N2Cc1ccc(Cl)cc1.O=C(CNC(=O)c1cccc(Cl)c1)N[C@H]1C[C@H]2CC[C@@H](C1)N2Cc1ccc(Cl)cc1. The Hall–Kier alpha value is -4.56. The Labute approximate surface area is 382 Å². The van der Waals surface area contributed by atoms with Crippen molar-refractivity contribution >= 4 is 75.8 Å². The van der Waals surface area contributed by atoms with Gasteiger partial charge in [-0.2, -0.15) is 0 Å². The van der Waals surface area contributed by atoms with Crippen LogP contribution in [0.1, 0.15) is 72.9 Å². The molecule has 0 aromatic heterocycles. The van der Waals surface area contributed by atoms with Gasteiger partial charge in [0.05, 0.1) is 12.2 Å². The number of fused-ring (bicyclic) bond motifs is 4. The molecule has 0 radical (unpaired) electrons. The van der Waals surface area contributed by atoms with Gasteiger partial charge in [0.15, 0.2) is 6.61 Å².